The lowest BCUT2D eigenvalue weighted by Crippen LogP contribution is -2.36. The fraction of sp³-hybridized carbons (Fsp3) is 0.562. The number of phenolic OH excluding ortho intramolecular Hbond substituents is 1. The number of likely N-dealkylation sites (tertiary alicyclic amines) is 1. The number of benzene rings is 1. The zero-order valence-electron chi connectivity index (χ0n) is 12.5. The smallest absolute Gasteiger partial charge is 0.224 e. The maximum atomic E-state index is 12.0. The summed E-state index contributed by atoms with van der Waals surface area (Å²) >= 11 is 0. The summed E-state index contributed by atoms with van der Waals surface area (Å²) in [5.74, 6) is 0.509. The van der Waals surface area contributed by atoms with Crippen LogP contribution in [0, 0.1) is 5.41 Å². The third-order valence-corrected chi connectivity index (χ3v) is 3.39. The molecule has 0 bridgehead atoms. The van der Waals surface area contributed by atoms with Crippen LogP contribution in [0.4, 0.5) is 0 Å². The molecule has 0 aromatic heterocycles. The second-order valence-electron chi connectivity index (χ2n) is 6.79. The summed E-state index contributed by atoms with van der Waals surface area (Å²) in [5.41, 5.74) is 1.17. The topological polar surface area (TPSA) is 52.6 Å². The number of aromatic hydroxyl groups is 1. The molecular formula is C16H24N2O2. The van der Waals surface area contributed by atoms with Crippen LogP contribution in [0.2, 0.25) is 0 Å². The van der Waals surface area contributed by atoms with Crippen molar-refractivity contribution in [3.63, 3.8) is 0 Å². The number of rotatable bonds is 4. The molecule has 2 N–H and O–H groups in total. The molecule has 4 nitrogen and oxygen atoms in total. The van der Waals surface area contributed by atoms with E-state index in [1.165, 1.54) is 0 Å². The second kappa shape index (κ2) is 5.83. The fourth-order valence-corrected chi connectivity index (χ4v) is 2.56. The summed E-state index contributed by atoms with van der Waals surface area (Å²) in [6.07, 6.45) is 0.564. The number of hydrogen-bond acceptors (Lipinski definition) is 3. The minimum Gasteiger partial charge on any atom is -0.508 e. The lowest BCUT2D eigenvalue weighted by Gasteiger charge is -2.26. The van der Waals surface area contributed by atoms with Crippen molar-refractivity contribution < 1.29 is 9.90 Å². The maximum absolute atomic E-state index is 12.0. The van der Waals surface area contributed by atoms with Crippen LogP contribution in [0.5, 0.6) is 5.75 Å². The zero-order chi connectivity index (χ0) is 14.8. The van der Waals surface area contributed by atoms with Crippen molar-refractivity contribution in [1.29, 1.82) is 0 Å². The van der Waals surface area contributed by atoms with E-state index in [-0.39, 0.29) is 23.1 Å². The molecule has 1 saturated heterocycles. The van der Waals surface area contributed by atoms with Gasteiger partial charge in [-0.1, -0.05) is 32.9 Å². The second-order valence-corrected chi connectivity index (χ2v) is 6.79. The van der Waals surface area contributed by atoms with Crippen molar-refractivity contribution >= 4 is 5.91 Å². The molecule has 1 aromatic carbocycles. The van der Waals surface area contributed by atoms with E-state index < -0.39 is 0 Å². The first-order valence-electron chi connectivity index (χ1n) is 7.12. The minimum absolute atomic E-state index is 0.135. The van der Waals surface area contributed by atoms with Gasteiger partial charge in [-0.2, -0.15) is 0 Å². The first-order chi connectivity index (χ1) is 9.33. The molecule has 1 unspecified atom stereocenters. The minimum atomic E-state index is 0.135. The molecule has 0 radical (unpaired) electrons. The number of nitrogens with one attached hydrogen (secondary N) is 1. The van der Waals surface area contributed by atoms with Gasteiger partial charge in [-0.3, -0.25) is 4.79 Å². The van der Waals surface area contributed by atoms with Crippen LogP contribution in [-0.2, 0) is 11.3 Å². The third-order valence-electron chi connectivity index (χ3n) is 3.39. The first kappa shape index (κ1) is 14.9. The molecule has 1 heterocycles. The van der Waals surface area contributed by atoms with Crippen LogP contribution in [-0.4, -0.2) is 35.0 Å². The Morgan fingerprint density at radius 1 is 1.40 bits per heavy atom. The number of carbonyl (C=O) groups is 1. The van der Waals surface area contributed by atoms with E-state index in [4.69, 9.17) is 0 Å². The van der Waals surface area contributed by atoms with E-state index in [1.54, 1.807) is 12.1 Å². The van der Waals surface area contributed by atoms with Gasteiger partial charge in [-0.15, -0.1) is 0 Å². The van der Waals surface area contributed by atoms with Crippen LogP contribution >= 0.6 is 0 Å². The monoisotopic (exact) mass is 276 g/mol. The lowest BCUT2D eigenvalue weighted by atomic mass is 9.96. The van der Waals surface area contributed by atoms with Crippen LogP contribution in [0.15, 0.2) is 24.3 Å². The van der Waals surface area contributed by atoms with Gasteiger partial charge in [-0.25, -0.2) is 0 Å². The summed E-state index contributed by atoms with van der Waals surface area (Å²) in [6.45, 7) is 8.69. The van der Waals surface area contributed by atoms with Crippen molar-refractivity contribution in [3.8, 4) is 5.75 Å². The average Bonchev–Trinajstić information content (AvgIpc) is 2.65. The normalized spacial score (nSPS) is 19.6. The van der Waals surface area contributed by atoms with Crippen LogP contribution in [0.3, 0.4) is 0 Å². The van der Waals surface area contributed by atoms with Gasteiger partial charge in [-0.05, 0) is 23.1 Å². The van der Waals surface area contributed by atoms with Gasteiger partial charge in [0, 0.05) is 32.1 Å². The summed E-state index contributed by atoms with van der Waals surface area (Å²) in [7, 11) is 0. The molecule has 1 aromatic rings. The molecule has 1 fully saturated rings. The van der Waals surface area contributed by atoms with E-state index >= 15 is 0 Å². The van der Waals surface area contributed by atoms with Crippen molar-refractivity contribution in [1.82, 2.24) is 10.2 Å². The number of nitrogens with zero attached hydrogens (tertiary/aromatic N) is 1. The predicted molar refractivity (Wildman–Crippen MR) is 79.4 cm³/mol. The molecule has 2 rings (SSSR count). The fourth-order valence-electron chi connectivity index (χ4n) is 2.56. The maximum Gasteiger partial charge on any atom is 0.224 e. The standard InChI is InChI=1S/C16H24N2O2/c1-16(2,3)11-18-10-13(8-15(18)20)17-9-12-5-4-6-14(19)7-12/h4-7,13,17,19H,8-11H2,1-3H3. The molecule has 0 aliphatic carbocycles. The number of amides is 1. The lowest BCUT2D eigenvalue weighted by molar-refractivity contribution is -0.128. The molecule has 1 atom stereocenters. The van der Waals surface area contributed by atoms with Gasteiger partial charge < -0.3 is 15.3 Å². The average molecular weight is 276 g/mol. The first-order valence-corrected chi connectivity index (χ1v) is 7.12. The highest BCUT2D eigenvalue weighted by Crippen LogP contribution is 2.20. The molecule has 1 aliphatic heterocycles. The van der Waals surface area contributed by atoms with Gasteiger partial charge in [0.05, 0.1) is 0 Å². The Kier molecular flexibility index (Phi) is 4.33. The number of carbonyl (C=O) groups excluding carboxylic acids is 1. The van der Waals surface area contributed by atoms with Gasteiger partial charge in [0.25, 0.3) is 0 Å². The molecule has 110 valence electrons. The Bertz CT molecular complexity index is 480. The Morgan fingerprint density at radius 3 is 2.80 bits per heavy atom. The van der Waals surface area contributed by atoms with Crippen molar-refractivity contribution in [2.75, 3.05) is 13.1 Å². The van der Waals surface area contributed by atoms with Crippen molar-refractivity contribution in [2.24, 2.45) is 5.41 Å². The van der Waals surface area contributed by atoms with Gasteiger partial charge in [0.15, 0.2) is 0 Å². The number of hydrogen-bond donors (Lipinski definition) is 2. The van der Waals surface area contributed by atoms with Crippen molar-refractivity contribution in [3.05, 3.63) is 29.8 Å². The van der Waals surface area contributed by atoms with E-state index in [0.717, 1.165) is 18.7 Å². The van der Waals surface area contributed by atoms with Gasteiger partial charge in [0.2, 0.25) is 5.91 Å². The van der Waals surface area contributed by atoms with Crippen LogP contribution < -0.4 is 5.32 Å². The highest BCUT2D eigenvalue weighted by atomic mass is 16.3. The van der Waals surface area contributed by atoms with Crippen LogP contribution in [0.1, 0.15) is 32.8 Å². The highest BCUT2D eigenvalue weighted by Gasteiger charge is 2.31. The Hall–Kier alpha value is -1.55. The Morgan fingerprint density at radius 2 is 2.15 bits per heavy atom. The van der Waals surface area contributed by atoms with E-state index in [2.05, 4.69) is 26.1 Å². The predicted octanol–water partition coefficient (Wildman–Crippen LogP) is 2.13. The molecule has 1 amide bonds. The van der Waals surface area contributed by atoms with E-state index in [0.29, 0.717) is 13.0 Å². The SMILES string of the molecule is CC(C)(C)CN1CC(NCc2cccc(O)c2)CC1=O. The Labute approximate surface area is 120 Å². The van der Waals surface area contributed by atoms with Crippen LogP contribution in [0.25, 0.3) is 0 Å². The summed E-state index contributed by atoms with van der Waals surface area (Å²) in [4.78, 5) is 13.9. The molecular weight excluding hydrogens is 252 g/mol. The third kappa shape index (κ3) is 4.23. The summed E-state index contributed by atoms with van der Waals surface area (Å²) in [5, 5.41) is 12.8. The van der Waals surface area contributed by atoms with E-state index in [1.807, 2.05) is 17.0 Å². The van der Waals surface area contributed by atoms with Gasteiger partial charge in [0.1, 0.15) is 5.75 Å². The zero-order valence-corrected chi connectivity index (χ0v) is 12.5. The summed E-state index contributed by atoms with van der Waals surface area (Å²) < 4.78 is 0. The number of phenols is 1. The Balaban J connectivity index is 1.85. The molecule has 20 heavy (non-hydrogen) atoms. The molecule has 1 aliphatic rings. The van der Waals surface area contributed by atoms with Crippen molar-refractivity contribution in [2.45, 2.75) is 39.8 Å². The molecule has 4 heteroatoms. The molecule has 0 saturated carbocycles. The van der Waals surface area contributed by atoms with E-state index in [9.17, 15) is 9.90 Å². The summed E-state index contributed by atoms with van der Waals surface area (Å²) in [6, 6.07) is 7.41. The van der Waals surface area contributed by atoms with Gasteiger partial charge >= 0.3 is 0 Å². The highest BCUT2D eigenvalue weighted by molar-refractivity contribution is 5.79. The molecule has 0 spiro atoms. The largest absolute Gasteiger partial charge is 0.508 e. The quantitative estimate of drug-likeness (QED) is 0.886.